The molecule has 0 bridgehead atoms. The molecule has 1 aromatic heterocycles. The molecule has 1 N–H and O–H groups in total. The van der Waals surface area contributed by atoms with Crippen molar-refractivity contribution >= 4 is 17.7 Å². The summed E-state index contributed by atoms with van der Waals surface area (Å²) in [5, 5.41) is 2.79. The number of imide groups is 1. The van der Waals surface area contributed by atoms with Crippen molar-refractivity contribution < 1.29 is 14.4 Å². The van der Waals surface area contributed by atoms with E-state index in [-0.39, 0.29) is 18.2 Å². The number of hydrogen-bond acceptors (Lipinski definition) is 3. The Labute approximate surface area is 177 Å². The normalized spacial score (nSPS) is 21.3. The molecule has 0 radical (unpaired) electrons. The van der Waals surface area contributed by atoms with Gasteiger partial charge in [0.25, 0.3) is 5.91 Å². The van der Waals surface area contributed by atoms with Crippen molar-refractivity contribution in [3.63, 3.8) is 0 Å². The molecule has 1 aliphatic heterocycles. The molecular formula is C24H29N3O3. The van der Waals surface area contributed by atoms with Gasteiger partial charge in [-0.05, 0) is 57.2 Å². The number of carbonyl (C=O) groups excluding carboxylic acids is 3. The van der Waals surface area contributed by atoms with Crippen LogP contribution in [0.5, 0.6) is 0 Å². The third kappa shape index (κ3) is 3.34. The van der Waals surface area contributed by atoms with E-state index in [0.29, 0.717) is 11.6 Å². The molecular weight excluding hydrogens is 378 g/mol. The van der Waals surface area contributed by atoms with Crippen LogP contribution in [0.1, 0.15) is 72.0 Å². The fraction of sp³-hybridized carbons (Fsp3) is 0.458. The van der Waals surface area contributed by atoms with Gasteiger partial charge < -0.3 is 9.88 Å². The van der Waals surface area contributed by atoms with Crippen molar-refractivity contribution in [1.82, 2.24) is 14.8 Å². The second-order valence-corrected chi connectivity index (χ2v) is 8.70. The second-order valence-electron chi connectivity index (χ2n) is 8.70. The van der Waals surface area contributed by atoms with Crippen molar-refractivity contribution in [2.75, 3.05) is 6.54 Å². The van der Waals surface area contributed by atoms with Gasteiger partial charge in [0.1, 0.15) is 5.54 Å². The second kappa shape index (κ2) is 7.42. The Morgan fingerprint density at radius 3 is 2.43 bits per heavy atom. The molecule has 1 aromatic carbocycles. The maximum Gasteiger partial charge on any atom is 0.325 e. The average Bonchev–Trinajstić information content (AvgIpc) is 3.46. The monoisotopic (exact) mass is 407 g/mol. The van der Waals surface area contributed by atoms with Gasteiger partial charge in [0.2, 0.25) is 0 Å². The predicted molar refractivity (Wildman–Crippen MR) is 115 cm³/mol. The van der Waals surface area contributed by atoms with Gasteiger partial charge in [-0.2, -0.15) is 0 Å². The highest BCUT2D eigenvalue weighted by molar-refractivity contribution is 6.11. The van der Waals surface area contributed by atoms with Gasteiger partial charge in [0.05, 0.1) is 6.54 Å². The molecule has 2 heterocycles. The summed E-state index contributed by atoms with van der Waals surface area (Å²) < 4.78 is 2.20. The lowest BCUT2D eigenvalue weighted by Gasteiger charge is -2.22. The van der Waals surface area contributed by atoms with Crippen LogP contribution in [-0.4, -0.2) is 33.7 Å². The van der Waals surface area contributed by atoms with Crippen LogP contribution < -0.4 is 5.32 Å². The van der Waals surface area contributed by atoms with Gasteiger partial charge in [-0.25, -0.2) is 4.79 Å². The topological polar surface area (TPSA) is 71.4 Å². The summed E-state index contributed by atoms with van der Waals surface area (Å²) in [5.74, 6) is -0.596. The first kappa shape index (κ1) is 20.4. The van der Waals surface area contributed by atoms with Crippen LogP contribution in [0, 0.1) is 13.8 Å². The summed E-state index contributed by atoms with van der Waals surface area (Å²) in [6.45, 7) is 7.50. The number of nitrogens with zero attached hydrogens (tertiary/aromatic N) is 2. The highest BCUT2D eigenvalue weighted by Gasteiger charge is 2.49. The first-order valence-corrected chi connectivity index (χ1v) is 10.7. The van der Waals surface area contributed by atoms with Crippen LogP contribution >= 0.6 is 0 Å². The van der Waals surface area contributed by atoms with E-state index >= 15 is 0 Å². The van der Waals surface area contributed by atoms with Crippen LogP contribution in [0.2, 0.25) is 0 Å². The number of urea groups is 1. The van der Waals surface area contributed by atoms with Gasteiger partial charge in [-0.15, -0.1) is 0 Å². The van der Waals surface area contributed by atoms with Gasteiger partial charge in [-0.3, -0.25) is 14.5 Å². The summed E-state index contributed by atoms with van der Waals surface area (Å²) in [4.78, 5) is 39.8. The fourth-order valence-electron chi connectivity index (χ4n) is 4.51. The minimum absolute atomic E-state index is 0.207. The van der Waals surface area contributed by atoms with E-state index in [1.54, 1.807) is 6.92 Å². The number of ketones is 1. The number of carbonyl (C=O) groups is 3. The van der Waals surface area contributed by atoms with Crippen LogP contribution in [0.4, 0.5) is 4.79 Å². The SMILES string of the molecule is CCCc1ccc([C@]2(C)NC(=O)N(CC(=O)c3cc(C)n(C4CC4)c3C)C2=O)cc1. The Hall–Kier alpha value is -2.89. The Kier molecular flexibility index (Phi) is 5.04. The molecule has 1 aliphatic carbocycles. The highest BCUT2D eigenvalue weighted by atomic mass is 16.2. The molecule has 158 valence electrons. The van der Waals surface area contributed by atoms with E-state index < -0.39 is 11.6 Å². The molecule has 6 nitrogen and oxygen atoms in total. The van der Waals surface area contributed by atoms with Crippen molar-refractivity contribution in [2.45, 2.75) is 65.0 Å². The van der Waals surface area contributed by atoms with E-state index in [1.165, 1.54) is 5.56 Å². The summed E-state index contributed by atoms with van der Waals surface area (Å²) >= 11 is 0. The highest BCUT2D eigenvalue weighted by Crippen LogP contribution is 2.38. The Morgan fingerprint density at radius 1 is 1.17 bits per heavy atom. The number of nitrogens with one attached hydrogen (secondary N) is 1. The predicted octanol–water partition coefficient (Wildman–Crippen LogP) is 4.04. The van der Waals surface area contributed by atoms with E-state index in [4.69, 9.17) is 0 Å². The van der Waals surface area contributed by atoms with Gasteiger partial charge in [-0.1, -0.05) is 37.6 Å². The molecule has 30 heavy (non-hydrogen) atoms. The molecule has 0 unspecified atom stereocenters. The lowest BCUT2D eigenvalue weighted by atomic mass is 9.91. The number of amides is 3. The molecule has 2 aliphatic rings. The van der Waals surface area contributed by atoms with Gasteiger partial charge in [0, 0.05) is 23.0 Å². The maximum absolute atomic E-state index is 13.2. The summed E-state index contributed by atoms with van der Waals surface area (Å²) in [7, 11) is 0. The maximum atomic E-state index is 13.2. The van der Waals surface area contributed by atoms with Crippen LogP contribution in [0.3, 0.4) is 0 Å². The van der Waals surface area contributed by atoms with Crippen molar-refractivity contribution in [3.8, 4) is 0 Å². The molecule has 6 heteroatoms. The van der Waals surface area contributed by atoms with Gasteiger partial charge in [0.15, 0.2) is 5.78 Å². The molecule has 1 atom stereocenters. The molecule has 1 saturated carbocycles. The van der Waals surface area contributed by atoms with Crippen LogP contribution in [0.15, 0.2) is 30.3 Å². The zero-order valence-electron chi connectivity index (χ0n) is 18.1. The first-order chi connectivity index (χ1) is 14.3. The summed E-state index contributed by atoms with van der Waals surface area (Å²) in [6, 6.07) is 9.58. The molecule has 0 spiro atoms. The lowest BCUT2D eigenvalue weighted by Crippen LogP contribution is -2.41. The minimum Gasteiger partial charge on any atom is -0.345 e. The Balaban J connectivity index is 1.54. The average molecular weight is 408 g/mol. The van der Waals surface area contributed by atoms with E-state index in [2.05, 4.69) is 16.8 Å². The van der Waals surface area contributed by atoms with Crippen molar-refractivity contribution in [2.24, 2.45) is 0 Å². The number of benzene rings is 1. The standard InChI is InChI=1S/C24H29N3O3/c1-5-6-17-7-9-18(10-8-17)24(4)22(29)26(23(30)25-24)14-21(28)20-13-15(2)27(16(20)3)19-11-12-19/h7-10,13,19H,5-6,11-12,14H2,1-4H3,(H,25,30)/t24-/m0/s1. The van der Waals surface area contributed by atoms with Gasteiger partial charge >= 0.3 is 6.03 Å². The van der Waals surface area contributed by atoms with Crippen molar-refractivity contribution in [3.05, 3.63) is 58.4 Å². The van der Waals surface area contributed by atoms with E-state index in [1.807, 2.05) is 44.2 Å². The summed E-state index contributed by atoms with van der Waals surface area (Å²) in [5.41, 5.74) is 3.32. The third-order valence-corrected chi connectivity index (χ3v) is 6.34. The number of aromatic nitrogens is 1. The molecule has 2 fully saturated rings. The number of hydrogen-bond donors (Lipinski definition) is 1. The van der Waals surface area contributed by atoms with E-state index in [9.17, 15) is 14.4 Å². The molecule has 2 aromatic rings. The molecule has 1 saturated heterocycles. The zero-order valence-corrected chi connectivity index (χ0v) is 18.1. The fourth-order valence-corrected chi connectivity index (χ4v) is 4.51. The largest absolute Gasteiger partial charge is 0.345 e. The third-order valence-electron chi connectivity index (χ3n) is 6.34. The van der Waals surface area contributed by atoms with Crippen molar-refractivity contribution in [1.29, 1.82) is 0 Å². The number of Topliss-reactive ketones (excluding diaryl/α,β-unsaturated/α-hetero) is 1. The Morgan fingerprint density at radius 2 is 1.83 bits per heavy atom. The molecule has 4 rings (SSSR count). The number of aryl methyl sites for hydroxylation is 2. The molecule has 3 amide bonds. The van der Waals surface area contributed by atoms with E-state index in [0.717, 1.165) is 47.5 Å². The first-order valence-electron chi connectivity index (χ1n) is 10.7. The smallest absolute Gasteiger partial charge is 0.325 e. The lowest BCUT2D eigenvalue weighted by molar-refractivity contribution is -0.130. The minimum atomic E-state index is -1.16. The van der Waals surface area contributed by atoms with Crippen LogP contribution in [-0.2, 0) is 16.8 Å². The number of rotatable bonds is 7. The zero-order chi connectivity index (χ0) is 21.6. The quantitative estimate of drug-likeness (QED) is 0.556. The summed E-state index contributed by atoms with van der Waals surface area (Å²) in [6.07, 6.45) is 4.28. The van der Waals surface area contributed by atoms with Crippen LogP contribution in [0.25, 0.3) is 0 Å². The Bertz CT molecular complexity index is 1020.